The fourth-order valence-electron chi connectivity index (χ4n) is 4.56. The van der Waals surface area contributed by atoms with Crippen molar-refractivity contribution in [1.29, 1.82) is 0 Å². The van der Waals surface area contributed by atoms with Crippen LogP contribution in [-0.4, -0.2) is 24.9 Å². The molecule has 0 bridgehead atoms. The number of rotatable bonds is 4. The Labute approximate surface area is 210 Å². The van der Waals surface area contributed by atoms with E-state index in [0.29, 0.717) is 29.1 Å². The van der Waals surface area contributed by atoms with E-state index in [1.165, 1.54) is 5.56 Å². The lowest BCUT2D eigenvalue weighted by molar-refractivity contribution is 0.871. The molecule has 0 saturated heterocycles. The Balaban J connectivity index is 1.60. The summed E-state index contributed by atoms with van der Waals surface area (Å²) in [5.74, 6) is 2.17. The minimum atomic E-state index is 0.389. The van der Waals surface area contributed by atoms with E-state index in [1.807, 2.05) is 73.7 Å². The molecule has 0 saturated carbocycles. The molecule has 0 radical (unpaired) electrons. The maximum absolute atomic E-state index is 5.07. The molecule has 6 aromatic rings. The summed E-state index contributed by atoms with van der Waals surface area (Å²) in [5.41, 5.74) is 6.61. The molecule has 0 unspecified atom stereocenters. The monoisotopic (exact) mass is 467 g/mol. The Kier molecular flexibility index (Phi) is 5.45. The van der Waals surface area contributed by atoms with Gasteiger partial charge in [-0.25, -0.2) is 19.9 Å². The van der Waals surface area contributed by atoms with Gasteiger partial charge in [0.05, 0.1) is 11.0 Å². The first-order valence-electron chi connectivity index (χ1n) is 12.1. The van der Waals surface area contributed by atoms with Crippen LogP contribution in [0, 0.1) is 6.92 Å². The molecular formula is C31H25N5. The molecule has 3 aromatic carbocycles. The Bertz CT molecular complexity index is 1650. The van der Waals surface area contributed by atoms with Gasteiger partial charge in [-0.05, 0) is 30.5 Å². The first-order chi connectivity index (χ1) is 17.6. The van der Waals surface area contributed by atoms with Gasteiger partial charge in [-0.2, -0.15) is 0 Å². The van der Waals surface area contributed by atoms with Crippen LogP contribution in [0.2, 0.25) is 0 Å². The summed E-state index contributed by atoms with van der Waals surface area (Å²) < 4.78 is 0. The third-order valence-electron chi connectivity index (χ3n) is 6.35. The molecule has 5 nitrogen and oxygen atoms in total. The maximum atomic E-state index is 5.07. The van der Waals surface area contributed by atoms with Crippen molar-refractivity contribution in [2.45, 2.75) is 26.7 Å². The largest absolute Gasteiger partial charge is 0.251 e. The van der Waals surface area contributed by atoms with Crippen molar-refractivity contribution in [3.8, 4) is 34.3 Å². The zero-order chi connectivity index (χ0) is 24.6. The maximum Gasteiger partial charge on any atom is 0.182 e. The molecule has 3 heterocycles. The topological polar surface area (TPSA) is 64.5 Å². The molecule has 0 fully saturated rings. The van der Waals surface area contributed by atoms with E-state index in [-0.39, 0.29) is 0 Å². The first-order valence-corrected chi connectivity index (χ1v) is 12.1. The quantitative estimate of drug-likeness (QED) is 0.253. The van der Waals surface area contributed by atoms with Gasteiger partial charge in [0.2, 0.25) is 0 Å². The molecule has 36 heavy (non-hydrogen) atoms. The average molecular weight is 468 g/mol. The van der Waals surface area contributed by atoms with Crippen molar-refractivity contribution in [1.82, 2.24) is 24.9 Å². The third kappa shape index (κ3) is 3.99. The van der Waals surface area contributed by atoms with Crippen LogP contribution < -0.4 is 0 Å². The van der Waals surface area contributed by atoms with Crippen molar-refractivity contribution in [3.63, 3.8) is 0 Å². The van der Waals surface area contributed by atoms with Gasteiger partial charge in [0.1, 0.15) is 5.69 Å². The van der Waals surface area contributed by atoms with Gasteiger partial charge in [0.25, 0.3) is 0 Å². The molecule has 0 amide bonds. The van der Waals surface area contributed by atoms with Gasteiger partial charge in [0.15, 0.2) is 17.5 Å². The zero-order valence-electron chi connectivity index (χ0n) is 20.5. The van der Waals surface area contributed by atoms with Crippen LogP contribution in [0.1, 0.15) is 31.0 Å². The fourth-order valence-corrected chi connectivity index (χ4v) is 4.56. The van der Waals surface area contributed by atoms with Crippen LogP contribution >= 0.6 is 0 Å². The Morgan fingerprint density at radius 1 is 0.556 bits per heavy atom. The highest BCUT2D eigenvalue weighted by atomic mass is 15.0. The number of hydrogen-bond acceptors (Lipinski definition) is 5. The summed E-state index contributed by atoms with van der Waals surface area (Å²) in [6.07, 6.45) is 0. The number of nitrogens with zero attached hydrogens (tertiary/aromatic N) is 5. The van der Waals surface area contributed by atoms with Crippen molar-refractivity contribution < 1.29 is 0 Å². The third-order valence-corrected chi connectivity index (χ3v) is 6.35. The van der Waals surface area contributed by atoms with Crippen LogP contribution in [0.3, 0.4) is 0 Å². The van der Waals surface area contributed by atoms with E-state index >= 15 is 0 Å². The van der Waals surface area contributed by atoms with Crippen LogP contribution in [-0.2, 0) is 0 Å². The minimum absolute atomic E-state index is 0.389. The molecule has 0 spiro atoms. The summed E-state index contributed by atoms with van der Waals surface area (Å²) in [6.45, 7) is 6.46. The summed E-state index contributed by atoms with van der Waals surface area (Å²) in [5, 5.41) is 2.18. The van der Waals surface area contributed by atoms with Gasteiger partial charge in [-0.1, -0.05) is 92.7 Å². The van der Waals surface area contributed by atoms with E-state index in [2.05, 4.69) is 38.1 Å². The second-order valence-electron chi connectivity index (χ2n) is 9.28. The van der Waals surface area contributed by atoms with Gasteiger partial charge < -0.3 is 0 Å². The fraction of sp³-hybridized carbons (Fsp3) is 0.129. The van der Waals surface area contributed by atoms with Crippen LogP contribution in [0.4, 0.5) is 0 Å². The average Bonchev–Trinajstić information content (AvgIpc) is 2.93. The Hall–Kier alpha value is -4.51. The molecule has 0 aliphatic heterocycles. The lowest BCUT2D eigenvalue weighted by Crippen LogP contribution is -2.01. The molecule has 0 aliphatic rings. The number of aryl methyl sites for hydroxylation is 1. The second kappa shape index (κ2) is 8.93. The van der Waals surface area contributed by atoms with Crippen LogP contribution in [0.25, 0.3) is 56.1 Å². The molecule has 6 rings (SSSR count). The highest BCUT2D eigenvalue weighted by Crippen LogP contribution is 2.31. The van der Waals surface area contributed by atoms with Crippen molar-refractivity contribution in [2.75, 3.05) is 0 Å². The number of fused-ring (bicyclic) bond motifs is 3. The van der Waals surface area contributed by atoms with Crippen molar-refractivity contribution >= 4 is 21.8 Å². The van der Waals surface area contributed by atoms with Crippen LogP contribution in [0.5, 0.6) is 0 Å². The minimum Gasteiger partial charge on any atom is -0.251 e. The van der Waals surface area contributed by atoms with E-state index in [1.54, 1.807) is 0 Å². The number of hydrogen-bond donors (Lipinski definition) is 0. The van der Waals surface area contributed by atoms with Gasteiger partial charge >= 0.3 is 0 Å². The predicted octanol–water partition coefficient (Wildman–Crippen LogP) is 7.40. The molecule has 5 heteroatoms. The van der Waals surface area contributed by atoms with Crippen molar-refractivity contribution in [3.05, 3.63) is 102 Å². The van der Waals surface area contributed by atoms with E-state index in [4.69, 9.17) is 24.9 Å². The van der Waals surface area contributed by atoms with E-state index < -0.39 is 0 Å². The molecule has 0 atom stereocenters. The van der Waals surface area contributed by atoms with E-state index in [0.717, 1.165) is 38.6 Å². The smallest absolute Gasteiger partial charge is 0.182 e. The second-order valence-corrected chi connectivity index (χ2v) is 9.28. The number of benzene rings is 3. The van der Waals surface area contributed by atoms with Gasteiger partial charge in [-0.3, -0.25) is 4.98 Å². The number of aromatic nitrogens is 5. The molecule has 3 aromatic heterocycles. The summed E-state index contributed by atoms with van der Waals surface area (Å²) in [6, 6.07) is 30.5. The zero-order valence-corrected chi connectivity index (χ0v) is 20.5. The Morgan fingerprint density at radius 2 is 1.14 bits per heavy atom. The van der Waals surface area contributed by atoms with Crippen molar-refractivity contribution in [2.24, 2.45) is 0 Å². The summed E-state index contributed by atoms with van der Waals surface area (Å²) in [7, 11) is 0. The molecule has 0 N–H and O–H groups in total. The molecule has 0 aliphatic carbocycles. The standard InChI is InChI=1S/C31H25N5/c1-19(2)25-18-20(3)32-28-24(25)16-14-21-15-17-26(33-27(21)28)31-35-29(22-10-6-4-7-11-22)34-30(36-31)23-12-8-5-9-13-23/h4-19H,1-3H3. The SMILES string of the molecule is Cc1cc(C(C)C)c2ccc3ccc(-c4nc(-c5ccccc5)nc(-c5ccccc5)n4)nc3c2n1. The molecular weight excluding hydrogens is 442 g/mol. The highest BCUT2D eigenvalue weighted by molar-refractivity contribution is 6.04. The Morgan fingerprint density at radius 3 is 1.75 bits per heavy atom. The lowest BCUT2D eigenvalue weighted by atomic mass is 9.96. The van der Waals surface area contributed by atoms with Gasteiger partial charge in [0, 0.05) is 27.6 Å². The summed E-state index contributed by atoms with van der Waals surface area (Å²) >= 11 is 0. The predicted molar refractivity (Wildman–Crippen MR) is 146 cm³/mol. The normalized spacial score (nSPS) is 11.4. The lowest BCUT2D eigenvalue weighted by Gasteiger charge is -2.13. The molecule has 174 valence electrons. The van der Waals surface area contributed by atoms with Gasteiger partial charge in [-0.15, -0.1) is 0 Å². The summed E-state index contributed by atoms with van der Waals surface area (Å²) in [4.78, 5) is 24.4. The highest BCUT2D eigenvalue weighted by Gasteiger charge is 2.16. The first kappa shape index (κ1) is 22.0. The van der Waals surface area contributed by atoms with Crippen LogP contribution in [0.15, 0.2) is 91.0 Å². The van der Waals surface area contributed by atoms with E-state index in [9.17, 15) is 0 Å². The number of pyridine rings is 2.